The van der Waals surface area contributed by atoms with E-state index in [9.17, 15) is 23.7 Å². The number of carbonyl (C=O) groups excluding carboxylic acids is 1. The Balaban J connectivity index is 1.54. The average Bonchev–Trinajstić information content (AvgIpc) is 2.84. The van der Waals surface area contributed by atoms with E-state index in [1.165, 1.54) is 4.31 Å². The van der Waals surface area contributed by atoms with Gasteiger partial charge in [-0.25, -0.2) is 27.8 Å². The molecular weight excluding hydrogens is 446 g/mol. The third kappa shape index (κ3) is 6.95. The van der Waals surface area contributed by atoms with Gasteiger partial charge in [0.15, 0.2) is 0 Å². The van der Waals surface area contributed by atoms with Gasteiger partial charge >= 0.3 is 0 Å². The number of para-hydroxylation sites is 1. The Morgan fingerprint density at radius 2 is 1.94 bits per heavy atom. The van der Waals surface area contributed by atoms with Gasteiger partial charge in [-0.2, -0.15) is 5.26 Å². The van der Waals surface area contributed by atoms with Crippen molar-refractivity contribution in [3.8, 4) is 11.8 Å². The number of piperidine rings is 1. The summed E-state index contributed by atoms with van der Waals surface area (Å²) in [5.41, 5.74) is 0.438. The summed E-state index contributed by atoms with van der Waals surface area (Å²) in [6, 6.07) is 9.87. The molecule has 1 aromatic carbocycles. The number of aryl methyl sites for hydroxylation is 1. The quantitative estimate of drug-likeness (QED) is 0.296. The molecule has 1 aliphatic heterocycles. The van der Waals surface area contributed by atoms with E-state index in [4.69, 9.17) is 4.74 Å². The maximum atomic E-state index is 13.0. The van der Waals surface area contributed by atoms with Crippen molar-refractivity contribution in [1.29, 1.82) is 5.26 Å². The molecule has 0 bridgehead atoms. The Morgan fingerprint density at radius 1 is 1.24 bits per heavy atom. The van der Waals surface area contributed by atoms with E-state index >= 15 is 0 Å². The van der Waals surface area contributed by atoms with Gasteiger partial charge < -0.3 is 4.74 Å². The second kappa shape index (κ2) is 11.7. The number of nitrogens with zero attached hydrogens (tertiary/aromatic N) is 5. The lowest BCUT2D eigenvalue weighted by Crippen LogP contribution is -2.47. The number of carbonyl (C=O) groups is 1. The first-order chi connectivity index (χ1) is 15.9. The van der Waals surface area contributed by atoms with Crippen LogP contribution < -0.4 is 4.74 Å². The summed E-state index contributed by atoms with van der Waals surface area (Å²) >= 11 is 0. The molecule has 1 amide bonds. The van der Waals surface area contributed by atoms with Crippen molar-refractivity contribution in [3.63, 3.8) is 0 Å². The molecule has 1 N–H and O–H groups in total. The molecule has 1 aliphatic rings. The van der Waals surface area contributed by atoms with Gasteiger partial charge in [-0.1, -0.05) is 12.1 Å². The maximum Gasteiger partial charge on any atom is 0.233 e. The first-order valence-electron chi connectivity index (χ1n) is 10.7. The van der Waals surface area contributed by atoms with Crippen molar-refractivity contribution in [2.75, 3.05) is 18.8 Å². The molecule has 1 saturated heterocycles. The fourth-order valence-electron chi connectivity index (χ4n) is 3.75. The molecule has 2 aromatic rings. The van der Waals surface area contributed by atoms with Crippen LogP contribution in [0.2, 0.25) is 0 Å². The van der Waals surface area contributed by atoms with Crippen molar-refractivity contribution in [3.05, 3.63) is 54.1 Å². The molecule has 176 valence electrons. The van der Waals surface area contributed by atoms with Gasteiger partial charge in [-0.05, 0) is 43.9 Å². The highest BCUT2D eigenvalue weighted by Gasteiger charge is 2.32. The molecular formula is C22H27N5O5S. The molecule has 0 unspecified atom stereocenters. The highest BCUT2D eigenvalue weighted by Crippen LogP contribution is 2.24. The zero-order chi connectivity index (χ0) is 23.7. The van der Waals surface area contributed by atoms with Gasteiger partial charge in [0.2, 0.25) is 16.4 Å². The van der Waals surface area contributed by atoms with Crippen LogP contribution in [0.15, 0.2) is 42.7 Å². The summed E-state index contributed by atoms with van der Waals surface area (Å²) in [6.07, 6.45) is 5.55. The Hall–Kier alpha value is -3.07. The highest BCUT2D eigenvalue weighted by molar-refractivity contribution is 7.89. The Kier molecular flexibility index (Phi) is 8.71. The van der Waals surface area contributed by atoms with E-state index in [0.717, 1.165) is 0 Å². The van der Waals surface area contributed by atoms with Crippen LogP contribution in [0.1, 0.15) is 37.1 Å². The number of rotatable bonds is 11. The van der Waals surface area contributed by atoms with Crippen molar-refractivity contribution >= 4 is 16.4 Å². The van der Waals surface area contributed by atoms with Crippen LogP contribution in [0.25, 0.3) is 0 Å². The predicted octanol–water partition coefficient (Wildman–Crippen LogP) is 1.76. The second-order valence-electron chi connectivity index (χ2n) is 7.80. The molecule has 11 heteroatoms. The highest BCUT2D eigenvalue weighted by atomic mass is 32.2. The molecule has 1 fully saturated rings. The van der Waals surface area contributed by atoms with Crippen LogP contribution in [0, 0.1) is 11.3 Å². The lowest BCUT2D eigenvalue weighted by molar-refractivity contribution is -0.158. The number of aromatic nitrogens is 2. The van der Waals surface area contributed by atoms with Gasteiger partial charge in [0, 0.05) is 31.9 Å². The summed E-state index contributed by atoms with van der Waals surface area (Å²) in [4.78, 5) is 19.4. The molecule has 0 saturated carbocycles. The van der Waals surface area contributed by atoms with Gasteiger partial charge in [-0.15, -0.1) is 0 Å². The van der Waals surface area contributed by atoms with Gasteiger partial charge in [-0.3, -0.25) is 10.0 Å². The van der Waals surface area contributed by atoms with Gasteiger partial charge in [0.25, 0.3) is 0 Å². The standard InChI is InChI=1S/C22H27N5O5S/c23-15-18-5-1-2-7-21(18)32-20-9-13-26(14-10-20)33(30,31)16-19(27(29)17-28)6-3-8-22-24-11-4-12-25-22/h1-2,4-5,7,11-12,17,19-20,29H,3,6,8-10,13-14,16H2/t19-/m1/s1. The zero-order valence-corrected chi connectivity index (χ0v) is 19.0. The SMILES string of the molecule is N#Cc1ccccc1OC1CCN(S(=O)(=O)C[C@@H](CCCc2ncccn2)N(O)C=O)CC1. The molecule has 10 nitrogen and oxygen atoms in total. The second-order valence-corrected chi connectivity index (χ2v) is 9.81. The largest absolute Gasteiger partial charge is 0.489 e. The minimum absolute atomic E-state index is 0.197. The Labute approximate surface area is 193 Å². The first kappa shape index (κ1) is 24.6. The number of nitriles is 1. The molecule has 0 aliphatic carbocycles. The summed E-state index contributed by atoms with van der Waals surface area (Å²) in [7, 11) is -3.71. The van der Waals surface area contributed by atoms with Crippen LogP contribution in [-0.4, -0.2) is 70.4 Å². The van der Waals surface area contributed by atoms with E-state index in [2.05, 4.69) is 16.0 Å². The number of ether oxygens (including phenoxy) is 1. The third-order valence-electron chi connectivity index (χ3n) is 5.54. The molecule has 3 rings (SSSR count). The Bertz CT molecular complexity index is 1050. The van der Waals surface area contributed by atoms with Crippen molar-refractivity contribution in [1.82, 2.24) is 19.3 Å². The first-order valence-corrected chi connectivity index (χ1v) is 12.4. The number of hydrogen-bond donors (Lipinski definition) is 1. The Morgan fingerprint density at radius 3 is 2.61 bits per heavy atom. The van der Waals surface area contributed by atoms with Crippen LogP contribution in [0.3, 0.4) is 0 Å². The fourth-order valence-corrected chi connectivity index (χ4v) is 5.53. The lowest BCUT2D eigenvalue weighted by atomic mass is 10.1. The zero-order valence-electron chi connectivity index (χ0n) is 18.2. The van der Waals surface area contributed by atoms with Gasteiger partial charge in [0.1, 0.15) is 23.7 Å². The van der Waals surface area contributed by atoms with Crippen molar-refractivity contribution in [2.45, 2.75) is 44.2 Å². The summed E-state index contributed by atoms with van der Waals surface area (Å²) in [5, 5.41) is 19.6. The number of sulfonamides is 1. The van der Waals surface area contributed by atoms with Crippen LogP contribution >= 0.6 is 0 Å². The molecule has 1 aromatic heterocycles. The summed E-state index contributed by atoms with van der Waals surface area (Å²) in [5.74, 6) is 0.737. The molecule has 1 atom stereocenters. The van der Waals surface area contributed by atoms with E-state index < -0.39 is 16.1 Å². The molecule has 2 heterocycles. The number of hydrogen-bond acceptors (Lipinski definition) is 8. The number of benzene rings is 1. The molecule has 0 radical (unpaired) electrons. The topological polar surface area (TPSA) is 137 Å². The minimum atomic E-state index is -3.71. The van der Waals surface area contributed by atoms with E-state index in [1.807, 2.05) is 0 Å². The summed E-state index contributed by atoms with van der Waals surface area (Å²) in [6.45, 7) is 0.525. The summed E-state index contributed by atoms with van der Waals surface area (Å²) < 4.78 is 33.2. The minimum Gasteiger partial charge on any atom is -0.489 e. The maximum absolute atomic E-state index is 13.0. The average molecular weight is 474 g/mol. The smallest absolute Gasteiger partial charge is 0.233 e. The normalized spacial score (nSPS) is 16.0. The molecule has 0 spiro atoms. The predicted molar refractivity (Wildman–Crippen MR) is 119 cm³/mol. The van der Waals surface area contributed by atoms with Gasteiger partial charge in [0.05, 0.1) is 17.4 Å². The third-order valence-corrected chi connectivity index (χ3v) is 7.50. The lowest BCUT2D eigenvalue weighted by Gasteiger charge is -2.33. The van der Waals surface area contributed by atoms with Crippen LogP contribution in [0.4, 0.5) is 0 Å². The number of hydroxylamine groups is 2. The van der Waals surface area contributed by atoms with Crippen molar-refractivity contribution < 1.29 is 23.2 Å². The fraction of sp³-hybridized carbons (Fsp3) is 0.455. The molecule has 33 heavy (non-hydrogen) atoms. The van der Waals surface area contributed by atoms with E-state index in [0.29, 0.717) is 47.9 Å². The monoisotopic (exact) mass is 473 g/mol. The van der Waals surface area contributed by atoms with E-state index in [-0.39, 0.29) is 37.8 Å². The van der Waals surface area contributed by atoms with E-state index in [1.54, 1.807) is 42.7 Å². The van der Waals surface area contributed by atoms with Crippen LogP contribution in [-0.2, 0) is 21.2 Å². The number of amides is 1. The van der Waals surface area contributed by atoms with Crippen LogP contribution in [0.5, 0.6) is 5.75 Å². The van der Waals surface area contributed by atoms with Crippen molar-refractivity contribution in [2.24, 2.45) is 0 Å².